The largest absolute Gasteiger partial charge is 0.337 e. The van der Waals surface area contributed by atoms with E-state index in [1.54, 1.807) is 0 Å². The van der Waals surface area contributed by atoms with Crippen LogP contribution in [0.2, 0.25) is 0 Å². The molecule has 5 nitrogen and oxygen atoms in total. The van der Waals surface area contributed by atoms with E-state index < -0.39 is 0 Å². The maximum Gasteiger partial charge on any atom is 0.274 e. The molecule has 0 aliphatic carbocycles. The molecule has 5 heteroatoms. The van der Waals surface area contributed by atoms with Gasteiger partial charge in [-0.15, -0.1) is 0 Å². The third kappa shape index (κ3) is 4.16. The minimum absolute atomic E-state index is 0.0469. The standard InChI is InChI=1S/C27H28N4O/c32-27(30-16-9-10-17-30)26-24(31-18-8-7-15-25(31)29-26)20-28-19-23(21-11-3-1-4-12-21)22-13-5-2-6-14-22/h1-8,11-15,18,23,28H,9-10,16-17,19-20H2. The second-order valence-corrected chi connectivity index (χ2v) is 8.34. The normalized spacial score (nSPS) is 13.8. The van der Waals surface area contributed by atoms with Gasteiger partial charge in [-0.1, -0.05) is 66.7 Å². The maximum absolute atomic E-state index is 13.2. The van der Waals surface area contributed by atoms with E-state index in [1.807, 2.05) is 45.8 Å². The fourth-order valence-corrected chi connectivity index (χ4v) is 4.59. The molecule has 0 unspecified atom stereocenters. The van der Waals surface area contributed by atoms with Gasteiger partial charge in [0.05, 0.1) is 5.69 Å². The Bertz CT molecular complexity index is 1140. The minimum Gasteiger partial charge on any atom is -0.337 e. The van der Waals surface area contributed by atoms with Gasteiger partial charge in [0.15, 0.2) is 5.69 Å². The van der Waals surface area contributed by atoms with Gasteiger partial charge in [0, 0.05) is 38.3 Å². The Balaban J connectivity index is 1.40. The monoisotopic (exact) mass is 424 g/mol. The van der Waals surface area contributed by atoms with Crippen molar-refractivity contribution in [2.45, 2.75) is 25.3 Å². The number of carbonyl (C=O) groups is 1. The summed E-state index contributed by atoms with van der Waals surface area (Å²) in [7, 11) is 0. The number of pyridine rings is 1. The number of nitrogens with one attached hydrogen (secondary N) is 1. The Labute approximate surface area is 188 Å². The summed E-state index contributed by atoms with van der Waals surface area (Å²) in [6, 6.07) is 27.1. The van der Waals surface area contributed by atoms with Crippen LogP contribution in [0.4, 0.5) is 0 Å². The van der Waals surface area contributed by atoms with E-state index in [4.69, 9.17) is 4.98 Å². The highest BCUT2D eigenvalue weighted by molar-refractivity contribution is 5.94. The molecule has 0 saturated carbocycles. The molecule has 2 aromatic carbocycles. The van der Waals surface area contributed by atoms with Gasteiger partial charge in [0.25, 0.3) is 5.91 Å². The van der Waals surface area contributed by atoms with Crippen molar-refractivity contribution in [1.82, 2.24) is 19.6 Å². The Kier molecular flexibility index (Phi) is 5.99. The van der Waals surface area contributed by atoms with Crippen molar-refractivity contribution >= 4 is 11.6 Å². The Hall–Kier alpha value is -3.44. The summed E-state index contributed by atoms with van der Waals surface area (Å²) < 4.78 is 2.04. The number of carbonyl (C=O) groups excluding carboxylic acids is 1. The minimum atomic E-state index is 0.0469. The third-order valence-electron chi connectivity index (χ3n) is 6.27. The van der Waals surface area contributed by atoms with E-state index in [9.17, 15) is 4.79 Å². The molecule has 1 aliphatic rings. The van der Waals surface area contributed by atoms with E-state index in [1.165, 1.54) is 11.1 Å². The number of fused-ring (bicyclic) bond motifs is 1. The summed E-state index contributed by atoms with van der Waals surface area (Å²) in [4.78, 5) is 19.8. The van der Waals surface area contributed by atoms with Crippen LogP contribution in [0.1, 0.15) is 46.1 Å². The van der Waals surface area contributed by atoms with Gasteiger partial charge in [-0.3, -0.25) is 4.79 Å². The average Bonchev–Trinajstić information content (AvgIpc) is 3.51. The number of rotatable bonds is 7. The number of hydrogen-bond donors (Lipinski definition) is 1. The summed E-state index contributed by atoms with van der Waals surface area (Å²) in [6.07, 6.45) is 4.14. The molecule has 0 bridgehead atoms. The highest BCUT2D eigenvalue weighted by atomic mass is 16.2. The Morgan fingerprint density at radius 2 is 1.50 bits per heavy atom. The molecule has 162 valence electrons. The zero-order valence-corrected chi connectivity index (χ0v) is 18.2. The van der Waals surface area contributed by atoms with Crippen LogP contribution in [-0.2, 0) is 6.54 Å². The first-order valence-corrected chi connectivity index (χ1v) is 11.4. The van der Waals surface area contributed by atoms with Crippen molar-refractivity contribution in [3.05, 3.63) is 108 Å². The molecule has 1 N–H and O–H groups in total. The van der Waals surface area contributed by atoms with Gasteiger partial charge < -0.3 is 14.6 Å². The molecular weight excluding hydrogens is 396 g/mol. The highest BCUT2D eigenvalue weighted by Crippen LogP contribution is 2.24. The molecule has 0 atom stereocenters. The average molecular weight is 425 g/mol. The number of benzene rings is 2. The zero-order valence-electron chi connectivity index (χ0n) is 18.2. The Morgan fingerprint density at radius 3 is 2.16 bits per heavy atom. The van der Waals surface area contributed by atoms with Crippen LogP contribution in [0.25, 0.3) is 5.65 Å². The summed E-state index contributed by atoms with van der Waals surface area (Å²) in [6.45, 7) is 3.00. The van der Waals surface area contributed by atoms with Crippen LogP contribution in [0.3, 0.4) is 0 Å². The lowest BCUT2D eigenvalue weighted by Crippen LogP contribution is -2.30. The van der Waals surface area contributed by atoms with Crippen molar-refractivity contribution in [1.29, 1.82) is 0 Å². The molecule has 0 spiro atoms. The lowest BCUT2D eigenvalue weighted by Gasteiger charge is -2.19. The molecule has 1 saturated heterocycles. The van der Waals surface area contributed by atoms with Gasteiger partial charge in [-0.05, 0) is 36.1 Å². The van der Waals surface area contributed by atoms with E-state index in [-0.39, 0.29) is 11.8 Å². The van der Waals surface area contributed by atoms with Gasteiger partial charge in [-0.2, -0.15) is 0 Å². The van der Waals surface area contributed by atoms with Crippen LogP contribution in [-0.4, -0.2) is 39.8 Å². The lowest BCUT2D eigenvalue weighted by atomic mass is 9.91. The summed E-state index contributed by atoms with van der Waals surface area (Å²) >= 11 is 0. The molecule has 1 aliphatic heterocycles. The second-order valence-electron chi connectivity index (χ2n) is 8.34. The first-order valence-electron chi connectivity index (χ1n) is 11.4. The van der Waals surface area contributed by atoms with E-state index in [0.717, 1.165) is 43.8 Å². The summed E-state index contributed by atoms with van der Waals surface area (Å²) in [5.74, 6) is 0.278. The number of imidazole rings is 1. The first kappa shape index (κ1) is 20.5. The SMILES string of the molecule is O=C(c1nc2ccccn2c1CNCC(c1ccccc1)c1ccccc1)N1CCCC1. The van der Waals surface area contributed by atoms with Crippen LogP contribution in [0, 0.1) is 0 Å². The fourth-order valence-electron chi connectivity index (χ4n) is 4.59. The van der Waals surface area contributed by atoms with E-state index in [0.29, 0.717) is 12.2 Å². The van der Waals surface area contributed by atoms with Crippen LogP contribution in [0.15, 0.2) is 85.1 Å². The summed E-state index contributed by atoms with van der Waals surface area (Å²) in [5.41, 5.74) is 4.86. The number of amides is 1. The molecule has 0 radical (unpaired) electrons. The smallest absolute Gasteiger partial charge is 0.274 e. The highest BCUT2D eigenvalue weighted by Gasteiger charge is 2.26. The number of likely N-dealkylation sites (tertiary alicyclic amines) is 1. The molecule has 3 heterocycles. The van der Waals surface area contributed by atoms with Crippen molar-refractivity contribution in [3.63, 3.8) is 0 Å². The van der Waals surface area contributed by atoms with Gasteiger partial charge in [0.1, 0.15) is 5.65 Å². The van der Waals surface area contributed by atoms with Crippen molar-refractivity contribution < 1.29 is 4.79 Å². The fraction of sp³-hybridized carbons (Fsp3) is 0.259. The molecular formula is C27H28N4O. The maximum atomic E-state index is 13.2. The van der Waals surface area contributed by atoms with E-state index in [2.05, 4.69) is 53.8 Å². The summed E-state index contributed by atoms with van der Waals surface area (Å²) in [5, 5.41) is 3.63. The topological polar surface area (TPSA) is 49.6 Å². The molecule has 1 fully saturated rings. The molecule has 5 rings (SSSR count). The third-order valence-corrected chi connectivity index (χ3v) is 6.27. The number of hydrogen-bond acceptors (Lipinski definition) is 3. The van der Waals surface area contributed by atoms with E-state index >= 15 is 0 Å². The van der Waals surface area contributed by atoms with Crippen molar-refractivity contribution in [2.24, 2.45) is 0 Å². The van der Waals surface area contributed by atoms with Gasteiger partial charge >= 0.3 is 0 Å². The number of aromatic nitrogens is 2. The van der Waals surface area contributed by atoms with Gasteiger partial charge in [0.2, 0.25) is 0 Å². The van der Waals surface area contributed by atoms with Gasteiger partial charge in [-0.25, -0.2) is 4.98 Å². The predicted molar refractivity (Wildman–Crippen MR) is 127 cm³/mol. The molecule has 1 amide bonds. The zero-order chi connectivity index (χ0) is 21.8. The van der Waals surface area contributed by atoms with Crippen LogP contribution in [0.5, 0.6) is 0 Å². The van der Waals surface area contributed by atoms with Crippen LogP contribution >= 0.6 is 0 Å². The second kappa shape index (κ2) is 9.37. The van der Waals surface area contributed by atoms with Crippen molar-refractivity contribution in [2.75, 3.05) is 19.6 Å². The quantitative estimate of drug-likeness (QED) is 0.476. The first-order chi connectivity index (χ1) is 15.8. The van der Waals surface area contributed by atoms with Crippen molar-refractivity contribution in [3.8, 4) is 0 Å². The molecule has 4 aromatic rings. The molecule has 32 heavy (non-hydrogen) atoms. The van der Waals surface area contributed by atoms with Crippen LogP contribution < -0.4 is 5.32 Å². The Morgan fingerprint density at radius 1 is 0.875 bits per heavy atom. The molecule has 2 aromatic heterocycles. The number of nitrogens with zero attached hydrogens (tertiary/aromatic N) is 3. The lowest BCUT2D eigenvalue weighted by molar-refractivity contribution is 0.0786. The predicted octanol–water partition coefficient (Wildman–Crippen LogP) is 4.49.